The number of carbonyl (C=O) groups is 1. The largest absolute Gasteiger partial charge is 0.494 e. The summed E-state index contributed by atoms with van der Waals surface area (Å²) in [6.07, 6.45) is 0. The van der Waals surface area contributed by atoms with Crippen molar-refractivity contribution in [2.45, 2.75) is 6.92 Å². The lowest BCUT2D eigenvalue weighted by atomic mass is 10.1. The van der Waals surface area contributed by atoms with Crippen molar-refractivity contribution in [3.05, 3.63) is 77.7 Å². The number of ether oxygens (including phenoxy) is 1. The summed E-state index contributed by atoms with van der Waals surface area (Å²) in [5.74, 6) is 0.569. The topological polar surface area (TPSA) is 51.2 Å². The van der Waals surface area contributed by atoms with E-state index in [2.05, 4.69) is 40.6 Å². The van der Waals surface area contributed by atoms with Crippen LogP contribution in [-0.4, -0.2) is 17.5 Å². The summed E-state index contributed by atoms with van der Waals surface area (Å²) in [4.78, 5) is 17.0. The highest BCUT2D eigenvalue weighted by atomic mass is 32.1. The van der Waals surface area contributed by atoms with Gasteiger partial charge < -0.3 is 4.74 Å². The number of nitrogens with one attached hydrogen (secondary N) is 1. The number of nitrogens with zero attached hydrogens (tertiary/aromatic N) is 1. The smallest absolute Gasteiger partial charge is 0.257 e. The third-order valence-corrected chi connectivity index (χ3v) is 4.96. The maximum atomic E-state index is 12.4. The molecule has 27 heavy (non-hydrogen) atoms. The van der Waals surface area contributed by atoms with E-state index < -0.39 is 0 Å². The Kier molecular flexibility index (Phi) is 4.85. The van der Waals surface area contributed by atoms with Crippen LogP contribution in [0.25, 0.3) is 22.0 Å². The first-order valence-corrected chi connectivity index (χ1v) is 9.60. The molecule has 1 amide bonds. The summed E-state index contributed by atoms with van der Waals surface area (Å²) in [7, 11) is 0. The molecule has 5 heteroatoms. The van der Waals surface area contributed by atoms with Crippen LogP contribution in [-0.2, 0) is 0 Å². The van der Waals surface area contributed by atoms with Crippen molar-refractivity contribution >= 4 is 33.1 Å². The highest BCUT2D eigenvalue weighted by Gasteiger charge is 2.10. The predicted molar refractivity (Wildman–Crippen MR) is 111 cm³/mol. The van der Waals surface area contributed by atoms with Gasteiger partial charge in [-0.1, -0.05) is 36.4 Å². The van der Waals surface area contributed by atoms with Gasteiger partial charge in [0.25, 0.3) is 5.91 Å². The van der Waals surface area contributed by atoms with E-state index in [1.165, 1.54) is 22.1 Å². The van der Waals surface area contributed by atoms with Crippen LogP contribution in [0.1, 0.15) is 17.3 Å². The number of hydrogen-bond acceptors (Lipinski definition) is 4. The van der Waals surface area contributed by atoms with E-state index in [0.717, 1.165) is 17.0 Å². The lowest BCUT2D eigenvalue weighted by Crippen LogP contribution is -2.11. The maximum absolute atomic E-state index is 12.4. The summed E-state index contributed by atoms with van der Waals surface area (Å²) in [6.45, 7) is 2.53. The van der Waals surface area contributed by atoms with Crippen LogP contribution in [0.2, 0.25) is 0 Å². The SMILES string of the molecule is CCOc1ccc(C(=O)Nc2nc(-c3ccc4ccccc4c3)cs2)cc1. The number of hydrogen-bond donors (Lipinski definition) is 1. The third-order valence-electron chi connectivity index (χ3n) is 4.20. The van der Waals surface area contributed by atoms with Crippen molar-refractivity contribution in [3.63, 3.8) is 0 Å². The summed E-state index contributed by atoms with van der Waals surface area (Å²) in [5, 5.41) is 7.77. The van der Waals surface area contributed by atoms with Crippen LogP contribution in [0.3, 0.4) is 0 Å². The molecule has 0 saturated carbocycles. The highest BCUT2D eigenvalue weighted by Crippen LogP contribution is 2.28. The van der Waals surface area contributed by atoms with Gasteiger partial charge in [-0.05, 0) is 48.0 Å². The molecular weight excluding hydrogens is 356 g/mol. The van der Waals surface area contributed by atoms with Crippen molar-refractivity contribution in [2.75, 3.05) is 11.9 Å². The van der Waals surface area contributed by atoms with Crippen LogP contribution in [0.4, 0.5) is 5.13 Å². The molecule has 0 bridgehead atoms. The van der Waals surface area contributed by atoms with Gasteiger partial charge in [-0.15, -0.1) is 11.3 Å². The number of rotatable bonds is 5. The van der Waals surface area contributed by atoms with Crippen molar-refractivity contribution in [1.29, 1.82) is 0 Å². The zero-order valence-corrected chi connectivity index (χ0v) is 15.6. The van der Waals surface area contributed by atoms with E-state index in [0.29, 0.717) is 17.3 Å². The van der Waals surface area contributed by atoms with E-state index in [1.807, 2.05) is 24.4 Å². The van der Waals surface area contributed by atoms with E-state index in [-0.39, 0.29) is 5.91 Å². The predicted octanol–water partition coefficient (Wildman–Crippen LogP) is 5.61. The first-order valence-electron chi connectivity index (χ1n) is 8.72. The molecule has 3 aromatic carbocycles. The second-order valence-corrected chi connectivity index (χ2v) is 6.87. The van der Waals surface area contributed by atoms with Gasteiger partial charge in [0.05, 0.1) is 12.3 Å². The van der Waals surface area contributed by atoms with Gasteiger partial charge >= 0.3 is 0 Å². The van der Waals surface area contributed by atoms with Crippen molar-refractivity contribution in [1.82, 2.24) is 4.98 Å². The van der Waals surface area contributed by atoms with Gasteiger partial charge in [-0.2, -0.15) is 0 Å². The molecule has 0 atom stereocenters. The first-order chi connectivity index (χ1) is 13.2. The number of amides is 1. The molecule has 0 fully saturated rings. The van der Waals surface area contributed by atoms with Gasteiger partial charge in [0.2, 0.25) is 0 Å². The molecular formula is C22H18N2O2S. The molecule has 4 aromatic rings. The fourth-order valence-corrected chi connectivity index (χ4v) is 3.57. The second-order valence-electron chi connectivity index (χ2n) is 6.01. The lowest BCUT2D eigenvalue weighted by Gasteiger charge is -2.05. The normalized spacial score (nSPS) is 10.7. The molecule has 1 heterocycles. The summed E-state index contributed by atoms with van der Waals surface area (Å²) >= 11 is 1.42. The molecule has 0 aliphatic rings. The average Bonchev–Trinajstić information content (AvgIpc) is 3.17. The Hall–Kier alpha value is -3.18. The fraction of sp³-hybridized carbons (Fsp3) is 0.0909. The Morgan fingerprint density at radius 3 is 2.59 bits per heavy atom. The first kappa shape index (κ1) is 17.2. The molecule has 0 aliphatic carbocycles. The zero-order chi connectivity index (χ0) is 18.6. The Labute approximate surface area is 161 Å². The van der Waals surface area contributed by atoms with E-state index in [4.69, 9.17) is 4.74 Å². The maximum Gasteiger partial charge on any atom is 0.257 e. The van der Waals surface area contributed by atoms with Gasteiger partial charge in [0.15, 0.2) is 5.13 Å². The number of fused-ring (bicyclic) bond motifs is 1. The van der Waals surface area contributed by atoms with E-state index >= 15 is 0 Å². The minimum absolute atomic E-state index is 0.183. The lowest BCUT2D eigenvalue weighted by molar-refractivity contribution is 0.102. The average molecular weight is 374 g/mol. The Bertz CT molecular complexity index is 1090. The molecule has 134 valence electrons. The minimum atomic E-state index is -0.183. The zero-order valence-electron chi connectivity index (χ0n) is 14.8. The van der Waals surface area contributed by atoms with Gasteiger partial charge in [-0.3, -0.25) is 10.1 Å². The number of anilines is 1. The van der Waals surface area contributed by atoms with Crippen LogP contribution in [0.5, 0.6) is 5.75 Å². The van der Waals surface area contributed by atoms with Crippen LogP contribution >= 0.6 is 11.3 Å². The molecule has 4 rings (SSSR count). The van der Waals surface area contributed by atoms with Crippen molar-refractivity contribution in [3.8, 4) is 17.0 Å². The van der Waals surface area contributed by atoms with Crippen molar-refractivity contribution in [2.24, 2.45) is 0 Å². The molecule has 0 unspecified atom stereocenters. The molecule has 0 aliphatic heterocycles. The molecule has 1 N–H and O–H groups in total. The van der Waals surface area contributed by atoms with E-state index in [1.54, 1.807) is 24.3 Å². The molecule has 0 radical (unpaired) electrons. The Balaban J connectivity index is 1.50. The highest BCUT2D eigenvalue weighted by molar-refractivity contribution is 7.14. The molecule has 0 spiro atoms. The number of thiazole rings is 1. The molecule has 0 saturated heterocycles. The number of benzene rings is 3. The Morgan fingerprint density at radius 1 is 1.04 bits per heavy atom. The molecule has 1 aromatic heterocycles. The fourth-order valence-electron chi connectivity index (χ4n) is 2.85. The van der Waals surface area contributed by atoms with Gasteiger partial charge in [0.1, 0.15) is 5.75 Å². The van der Waals surface area contributed by atoms with Crippen LogP contribution in [0, 0.1) is 0 Å². The van der Waals surface area contributed by atoms with E-state index in [9.17, 15) is 4.79 Å². The number of aromatic nitrogens is 1. The van der Waals surface area contributed by atoms with Crippen molar-refractivity contribution < 1.29 is 9.53 Å². The molecule has 4 nitrogen and oxygen atoms in total. The van der Waals surface area contributed by atoms with Crippen LogP contribution in [0.15, 0.2) is 72.1 Å². The summed E-state index contributed by atoms with van der Waals surface area (Å²) in [6, 6.07) is 21.6. The third kappa shape index (κ3) is 3.83. The summed E-state index contributed by atoms with van der Waals surface area (Å²) in [5.41, 5.74) is 2.46. The monoisotopic (exact) mass is 374 g/mol. The quantitative estimate of drug-likeness (QED) is 0.494. The van der Waals surface area contributed by atoms with Crippen LogP contribution < -0.4 is 10.1 Å². The second kappa shape index (κ2) is 7.60. The standard InChI is InChI=1S/C22H18N2O2S/c1-2-26-19-11-9-16(10-12-19)21(25)24-22-23-20(14-27-22)18-8-7-15-5-3-4-6-17(15)13-18/h3-14H,2H2,1H3,(H,23,24,25). The Morgan fingerprint density at radius 2 is 1.81 bits per heavy atom. The summed E-state index contributed by atoms with van der Waals surface area (Å²) < 4.78 is 5.40. The van der Waals surface area contributed by atoms with Gasteiger partial charge in [0, 0.05) is 16.5 Å². The van der Waals surface area contributed by atoms with Gasteiger partial charge in [-0.25, -0.2) is 4.98 Å². The minimum Gasteiger partial charge on any atom is -0.494 e. The number of carbonyl (C=O) groups excluding carboxylic acids is 1.